The van der Waals surface area contributed by atoms with Crippen LogP contribution in [0.5, 0.6) is 0 Å². The van der Waals surface area contributed by atoms with Crippen LogP contribution in [0.4, 0.5) is 5.69 Å². The summed E-state index contributed by atoms with van der Waals surface area (Å²) in [5.74, 6) is 0. The van der Waals surface area contributed by atoms with E-state index in [0.29, 0.717) is 5.56 Å². The Morgan fingerprint density at radius 2 is 2.00 bits per heavy atom. The highest BCUT2D eigenvalue weighted by molar-refractivity contribution is 5.46. The molecule has 0 aliphatic rings. The van der Waals surface area contributed by atoms with E-state index in [1.54, 1.807) is 13.0 Å². The molecule has 0 heterocycles. The van der Waals surface area contributed by atoms with Gasteiger partial charge in [0, 0.05) is 17.2 Å². The smallest absolute Gasteiger partial charge is 0.272 e. The summed E-state index contributed by atoms with van der Waals surface area (Å²) in [4.78, 5) is 10.3. The normalized spacial score (nSPS) is 11.4. The molecule has 4 nitrogen and oxygen atoms in total. The van der Waals surface area contributed by atoms with Gasteiger partial charge in [-0.15, -0.1) is 0 Å². The molecule has 0 aromatic heterocycles. The second kappa shape index (κ2) is 3.38. The topological polar surface area (TPSA) is 69.2 Å². The first kappa shape index (κ1) is 10.7. The highest BCUT2D eigenvalue weighted by atomic mass is 16.6. The number of rotatable bonds is 2. The highest BCUT2D eigenvalue weighted by Crippen LogP contribution is 2.27. The van der Waals surface area contributed by atoms with E-state index < -0.39 is 5.54 Å². The van der Waals surface area contributed by atoms with Crippen LogP contribution in [0.25, 0.3) is 0 Å². The number of benzene rings is 1. The van der Waals surface area contributed by atoms with E-state index in [2.05, 4.69) is 0 Å². The lowest BCUT2D eigenvalue weighted by Gasteiger charge is -2.21. The number of nitro benzene ring substituents is 1. The van der Waals surface area contributed by atoms with Gasteiger partial charge in [-0.25, -0.2) is 0 Å². The molecule has 0 amide bonds. The second-order valence-corrected chi connectivity index (χ2v) is 3.93. The van der Waals surface area contributed by atoms with Crippen molar-refractivity contribution < 1.29 is 4.92 Å². The van der Waals surface area contributed by atoms with Crippen molar-refractivity contribution in [2.24, 2.45) is 5.73 Å². The summed E-state index contributed by atoms with van der Waals surface area (Å²) in [5.41, 5.74) is 6.94. The summed E-state index contributed by atoms with van der Waals surface area (Å²) in [5, 5.41) is 10.7. The standard InChI is InChI=1S/C10H14N2O2/c1-7-8(10(2,3)11)5-4-6-9(7)12(13)14/h4-6H,11H2,1-3H3. The maximum absolute atomic E-state index is 10.7. The van der Waals surface area contributed by atoms with E-state index in [9.17, 15) is 10.1 Å². The van der Waals surface area contributed by atoms with Gasteiger partial charge in [0.2, 0.25) is 0 Å². The molecule has 0 saturated heterocycles. The van der Waals surface area contributed by atoms with Crippen molar-refractivity contribution in [3.63, 3.8) is 0 Å². The summed E-state index contributed by atoms with van der Waals surface area (Å²) in [6.07, 6.45) is 0. The van der Waals surface area contributed by atoms with Gasteiger partial charge in [-0.05, 0) is 26.3 Å². The van der Waals surface area contributed by atoms with Crippen molar-refractivity contribution in [2.45, 2.75) is 26.3 Å². The van der Waals surface area contributed by atoms with Crippen LogP contribution in [0.15, 0.2) is 18.2 Å². The van der Waals surface area contributed by atoms with Crippen LogP contribution < -0.4 is 5.73 Å². The quantitative estimate of drug-likeness (QED) is 0.579. The summed E-state index contributed by atoms with van der Waals surface area (Å²) < 4.78 is 0. The largest absolute Gasteiger partial charge is 0.322 e. The Kier molecular flexibility index (Phi) is 2.57. The van der Waals surface area contributed by atoms with Gasteiger partial charge in [0.25, 0.3) is 5.69 Å². The Hall–Kier alpha value is -1.42. The summed E-state index contributed by atoms with van der Waals surface area (Å²) >= 11 is 0. The van der Waals surface area contributed by atoms with Crippen molar-refractivity contribution in [1.82, 2.24) is 0 Å². The molecule has 0 saturated carbocycles. The molecule has 76 valence electrons. The van der Waals surface area contributed by atoms with Gasteiger partial charge in [0.15, 0.2) is 0 Å². The number of nitrogens with two attached hydrogens (primary N) is 1. The number of hydrogen-bond acceptors (Lipinski definition) is 3. The first-order valence-corrected chi connectivity index (χ1v) is 4.37. The van der Waals surface area contributed by atoms with Crippen LogP contribution in [0.3, 0.4) is 0 Å². The van der Waals surface area contributed by atoms with E-state index >= 15 is 0 Å². The molecule has 14 heavy (non-hydrogen) atoms. The van der Waals surface area contributed by atoms with Crippen LogP contribution in [0.1, 0.15) is 25.0 Å². The zero-order chi connectivity index (χ0) is 10.9. The van der Waals surface area contributed by atoms with Gasteiger partial charge in [0.05, 0.1) is 4.92 Å². The molecule has 0 unspecified atom stereocenters. The molecule has 0 fully saturated rings. The molecule has 0 atom stereocenters. The minimum atomic E-state index is -0.546. The fourth-order valence-electron chi connectivity index (χ4n) is 1.52. The molecule has 1 rings (SSSR count). The van der Waals surface area contributed by atoms with Crippen LogP contribution in [-0.4, -0.2) is 4.92 Å². The predicted octanol–water partition coefficient (Wildman–Crippen LogP) is 2.10. The fourth-order valence-corrected chi connectivity index (χ4v) is 1.52. The van der Waals surface area contributed by atoms with E-state index in [-0.39, 0.29) is 10.6 Å². The molecular weight excluding hydrogens is 180 g/mol. The van der Waals surface area contributed by atoms with Crippen LogP contribution in [-0.2, 0) is 5.54 Å². The lowest BCUT2D eigenvalue weighted by Crippen LogP contribution is -2.29. The predicted molar refractivity (Wildman–Crippen MR) is 55.0 cm³/mol. The molecule has 0 bridgehead atoms. The fraction of sp³-hybridized carbons (Fsp3) is 0.400. The summed E-state index contributed by atoms with van der Waals surface area (Å²) in [7, 11) is 0. The van der Waals surface area contributed by atoms with Crippen molar-refractivity contribution in [1.29, 1.82) is 0 Å². The maximum Gasteiger partial charge on any atom is 0.272 e. The Morgan fingerprint density at radius 1 is 1.43 bits per heavy atom. The summed E-state index contributed by atoms with van der Waals surface area (Å²) in [6.45, 7) is 5.39. The highest BCUT2D eigenvalue weighted by Gasteiger charge is 2.21. The Labute approximate surface area is 82.9 Å². The first-order chi connectivity index (χ1) is 6.34. The van der Waals surface area contributed by atoms with Crippen molar-refractivity contribution in [3.05, 3.63) is 39.4 Å². The molecule has 1 aromatic carbocycles. The molecule has 4 heteroatoms. The Bertz CT molecular complexity index is 367. The van der Waals surface area contributed by atoms with Gasteiger partial charge < -0.3 is 5.73 Å². The first-order valence-electron chi connectivity index (χ1n) is 4.37. The molecule has 0 radical (unpaired) electrons. The van der Waals surface area contributed by atoms with Gasteiger partial charge in [-0.2, -0.15) is 0 Å². The molecule has 0 aliphatic carbocycles. The van der Waals surface area contributed by atoms with E-state index in [1.165, 1.54) is 6.07 Å². The Balaban J connectivity index is 3.35. The zero-order valence-electron chi connectivity index (χ0n) is 8.57. The minimum Gasteiger partial charge on any atom is -0.322 e. The van der Waals surface area contributed by atoms with Crippen molar-refractivity contribution >= 4 is 5.69 Å². The third kappa shape index (κ3) is 1.90. The van der Waals surface area contributed by atoms with Crippen LogP contribution >= 0.6 is 0 Å². The van der Waals surface area contributed by atoms with Crippen LogP contribution in [0, 0.1) is 17.0 Å². The van der Waals surface area contributed by atoms with Crippen LogP contribution in [0.2, 0.25) is 0 Å². The maximum atomic E-state index is 10.7. The van der Waals surface area contributed by atoms with Crippen molar-refractivity contribution in [2.75, 3.05) is 0 Å². The lowest BCUT2D eigenvalue weighted by molar-refractivity contribution is -0.385. The zero-order valence-corrected chi connectivity index (χ0v) is 8.57. The van der Waals surface area contributed by atoms with Gasteiger partial charge >= 0.3 is 0 Å². The summed E-state index contributed by atoms with van der Waals surface area (Å²) in [6, 6.07) is 4.97. The van der Waals surface area contributed by atoms with Gasteiger partial charge in [0.1, 0.15) is 0 Å². The third-order valence-electron chi connectivity index (χ3n) is 2.20. The molecule has 1 aromatic rings. The van der Waals surface area contributed by atoms with E-state index in [4.69, 9.17) is 5.73 Å². The second-order valence-electron chi connectivity index (χ2n) is 3.93. The average Bonchev–Trinajstić information content (AvgIpc) is 2.01. The SMILES string of the molecule is Cc1c([N+](=O)[O-])cccc1C(C)(C)N. The monoisotopic (exact) mass is 194 g/mol. The molecule has 0 spiro atoms. The third-order valence-corrected chi connectivity index (χ3v) is 2.20. The van der Waals surface area contributed by atoms with E-state index in [0.717, 1.165) is 5.56 Å². The van der Waals surface area contributed by atoms with Crippen molar-refractivity contribution in [3.8, 4) is 0 Å². The van der Waals surface area contributed by atoms with Gasteiger partial charge in [-0.3, -0.25) is 10.1 Å². The number of nitro groups is 1. The average molecular weight is 194 g/mol. The van der Waals surface area contributed by atoms with E-state index in [1.807, 2.05) is 19.9 Å². The van der Waals surface area contributed by atoms with Gasteiger partial charge in [-0.1, -0.05) is 12.1 Å². The number of hydrogen-bond donors (Lipinski definition) is 1. The number of nitrogens with zero attached hydrogens (tertiary/aromatic N) is 1. The molecule has 2 N–H and O–H groups in total. The molecule has 0 aliphatic heterocycles. The Morgan fingerprint density at radius 3 is 2.43 bits per heavy atom. The lowest BCUT2D eigenvalue weighted by atomic mass is 9.91. The minimum absolute atomic E-state index is 0.126. The molecular formula is C10H14N2O2.